The number of benzene rings is 3. The normalized spacial score (nSPS) is 20.5. The van der Waals surface area contributed by atoms with Crippen LogP contribution in [0.1, 0.15) is 40.9 Å². The van der Waals surface area contributed by atoms with E-state index >= 15 is 0 Å². The minimum absolute atomic E-state index is 0.0469. The second kappa shape index (κ2) is 9.00. The van der Waals surface area contributed by atoms with Crippen molar-refractivity contribution in [1.82, 2.24) is 0 Å². The molecular formula is C28H28O5. The molecule has 2 unspecified atom stereocenters. The Morgan fingerprint density at radius 1 is 0.818 bits per heavy atom. The molecule has 5 heteroatoms. The van der Waals surface area contributed by atoms with Gasteiger partial charge in [-0.15, -0.1) is 0 Å². The van der Waals surface area contributed by atoms with E-state index in [0.717, 1.165) is 47.0 Å². The van der Waals surface area contributed by atoms with Crippen molar-refractivity contribution in [2.75, 3.05) is 26.4 Å². The van der Waals surface area contributed by atoms with Crippen LogP contribution < -0.4 is 9.47 Å². The van der Waals surface area contributed by atoms with E-state index in [4.69, 9.17) is 18.9 Å². The molecular weight excluding hydrogens is 416 g/mol. The number of ketones is 1. The lowest BCUT2D eigenvalue weighted by Crippen LogP contribution is -2.27. The lowest BCUT2D eigenvalue weighted by atomic mass is 9.69. The third kappa shape index (κ3) is 4.80. The van der Waals surface area contributed by atoms with E-state index in [-0.39, 0.29) is 18.0 Å². The van der Waals surface area contributed by atoms with Crippen molar-refractivity contribution in [3.05, 3.63) is 95.1 Å². The van der Waals surface area contributed by atoms with Crippen LogP contribution in [0.15, 0.2) is 72.8 Å². The monoisotopic (exact) mass is 444 g/mol. The molecule has 2 fully saturated rings. The van der Waals surface area contributed by atoms with Gasteiger partial charge in [-0.05, 0) is 54.8 Å². The van der Waals surface area contributed by atoms with Gasteiger partial charge in [-0.1, -0.05) is 48.5 Å². The summed E-state index contributed by atoms with van der Waals surface area (Å²) in [6.07, 6.45) is 0.425. The highest BCUT2D eigenvalue weighted by atomic mass is 16.6. The minimum Gasteiger partial charge on any atom is -0.491 e. The number of rotatable bonds is 10. The summed E-state index contributed by atoms with van der Waals surface area (Å²) in [5, 5.41) is 0. The molecule has 2 atom stereocenters. The molecule has 33 heavy (non-hydrogen) atoms. The quantitative estimate of drug-likeness (QED) is 0.255. The number of epoxide rings is 2. The van der Waals surface area contributed by atoms with Gasteiger partial charge in [0.25, 0.3) is 0 Å². The summed E-state index contributed by atoms with van der Waals surface area (Å²) >= 11 is 0. The van der Waals surface area contributed by atoms with E-state index in [9.17, 15) is 4.79 Å². The molecule has 3 aromatic rings. The zero-order chi connectivity index (χ0) is 22.8. The molecule has 0 N–H and O–H groups in total. The van der Waals surface area contributed by atoms with Crippen LogP contribution in [0.25, 0.3) is 0 Å². The maximum atomic E-state index is 12.5. The minimum atomic E-state index is -0.543. The number of hydrogen-bond donors (Lipinski definition) is 0. The Morgan fingerprint density at radius 2 is 1.27 bits per heavy atom. The van der Waals surface area contributed by atoms with Gasteiger partial charge >= 0.3 is 0 Å². The SMILES string of the molecule is CC(=O)c1ccccc1C(C)(c1ccc(OCC2CO2)cc1)c1ccc(OCC2CO2)cc1. The van der Waals surface area contributed by atoms with Crippen LogP contribution in [0, 0.1) is 0 Å². The van der Waals surface area contributed by atoms with Crippen LogP contribution in [-0.4, -0.2) is 44.4 Å². The number of hydrogen-bond acceptors (Lipinski definition) is 5. The highest BCUT2D eigenvalue weighted by Crippen LogP contribution is 2.41. The molecule has 5 nitrogen and oxygen atoms in total. The van der Waals surface area contributed by atoms with Crippen LogP contribution in [-0.2, 0) is 14.9 Å². The molecule has 0 amide bonds. The molecule has 5 rings (SSSR count). The van der Waals surface area contributed by atoms with E-state index in [2.05, 4.69) is 31.2 Å². The molecule has 2 saturated heterocycles. The highest BCUT2D eigenvalue weighted by molar-refractivity contribution is 5.96. The third-order valence-corrected chi connectivity index (χ3v) is 6.38. The molecule has 0 radical (unpaired) electrons. The van der Waals surface area contributed by atoms with Crippen molar-refractivity contribution in [3.8, 4) is 11.5 Å². The van der Waals surface area contributed by atoms with E-state index in [0.29, 0.717) is 13.2 Å². The van der Waals surface area contributed by atoms with E-state index < -0.39 is 5.41 Å². The lowest BCUT2D eigenvalue weighted by molar-refractivity contribution is 0.101. The van der Waals surface area contributed by atoms with E-state index in [1.807, 2.05) is 48.5 Å². The van der Waals surface area contributed by atoms with Crippen molar-refractivity contribution in [1.29, 1.82) is 0 Å². The largest absolute Gasteiger partial charge is 0.491 e. The average molecular weight is 445 g/mol. The Labute approximate surface area is 194 Å². The smallest absolute Gasteiger partial charge is 0.160 e. The van der Waals surface area contributed by atoms with Crippen LogP contribution in [0.4, 0.5) is 0 Å². The third-order valence-electron chi connectivity index (χ3n) is 6.38. The molecule has 0 saturated carbocycles. The summed E-state index contributed by atoms with van der Waals surface area (Å²) in [7, 11) is 0. The summed E-state index contributed by atoms with van der Waals surface area (Å²) < 4.78 is 22.1. The Bertz CT molecular complexity index is 1050. The summed E-state index contributed by atoms with van der Waals surface area (Å²) in [4.78, 5) is 12.5. The lowest BCUT2D eigenvalue weighted by Gasteiger charge is -2.33. The van der Waals surface area contributed by atoms with Gasteiger partial charge in [0.15, 0.2) is 5.78 Å². The van der Waals surface area contributed by atoms with Crippen molar-refractivity contribution in [2.24, 2.45) is 0 Å². The van der Waals surface area contributed by atoms with Crippen LogP contribution >= 0.6 is 0 Å². The van der Waals surface area contributed by atoms with Gasteiger partial charge in [0.1, 0.15) is 36.9 Å². The Balaban J connectivity index is 1.51. The number of Topliss-reactive ketones (excluding diaryl/α,β-unsaturated/α-hetero) is 1. The fourth-order valence-electron chi connectivity index (χ4n) is 4.18. The number of carbonyl (C=O) groups is 1. The van der Waals surface area contributed by atoms with Gasteiger partial charge < -0.3 is 18.9 Å². The molecule has 0 spiro atoms. The van der Waals surface area contributed by atoms with Crippen LogP contribution in [0.5, 0.6) is 11.5 Å². The second-order valence-electron chi connectivity index (χ2n) is 8.81. The first kappa shape index (κ1) is 21.7. The summed E-state index contributed by atoms with van der Waals surface area (Å²) in [5.74, 6) is 1.66. The topological polar surface area (TPSA) is 60.6 Å². The molecule has 170 valence electrons. The van der Waals surface area contributed by atoms with Gasteiger partial charge in [0.05, 0.1) is 13.2 Å². The summed E-state index contributed by atoms with van der Waals surface area (Å²) in [6.45, 7) is 6.45. The average Bonchev–Trinajstić information content (AvgIpc) is 3.77. The van der Waals surface area contributed by atoms with E-state index in [1.165, 1.54) is 0 Å². The second-order valence-corrected chi connectivity index (χ2v) is 8.81. The van der Waals surface area contributed by atoms with E-state index in [1.54, 1.807) is 6.92 Å². The molecule has 0 aromatic heterocycles. The standard InChI is InChI=1S/C28H28O5/c1-19(29)26-5-3-4-6-27(26)28(2,20-7-11-22(12-8-20)30-15-24-17-32-24)21-9-13-23(14-10-21)31-16-25-18-33-25/h3-14,24-25H,15-18H2,1-2H3. The number of carbonyl (C=O) groups excluding carboxylic acids is 1. The molecule has 2 aliphatic heterocycles. The predicted molar refractivity (Wildman–Crippen MR) is 125 cm³/mol. The van der Waals surface area contributed by atoms with Gasteiger partial charge in [0.2, 0.25) is 0 Å². The molecule has 0 aliphatic carbocycles. The molecule has 2 heterocycles. The van der Waals surface area contributed by atoms with Gasteiger partial charge in [-0.2, -0.15) is 0 Å². The van der Waals surface area contributed by atoms with Gasteiger partial charge in [-0.25, -0.2) is 0 Å². The molecule has 2 aliphatic rings. The number of ether oxygens (including phenoxy) is 4. The van der Waals surface area contributed by atoms with Crippen LogP contribution in [0.3, 0.4) is 0 Å². The summed E-state index contributed by atoms with van der Waals surface area (Å²) in [6, 6.07) is 24.1. The van der Waals surface area contributed by atoms with Crippen molar-refractivity contribution in [3.63, 3.8) is 0 Å². The zero-order valence-electron chi connectivity index (χ0n) is 19.0. The Kier molecular flexibility index (Phi) is 5.92. The van der Waals surface area contributed by atoms with Crippen LogP contribution in [0.2, 0.25) is 0 Å². The van der Waals surface area contributed by atoms with Crippen molar-refractivity contribution >= 4 is 5.78 Å². The van der Waals surface area contributed by atoms with Gasteiger partial charge in [0, 0.05) is 11.0 Å². The van der Waals surface area contributed by atoms with Crippen molar-refractivity contribution in [2.45, 2.75) is 31.5 Å². The highest BCUT2D eigenvalue weighted by Gasteiger charge is 2.34. The first-order valence-electron chi connectivity index (χ1n) is 11.3. The maximum Gasteiger partial charge on any atom is 0.160 e. The predicted octanol–water partition coefficient (Wildman–Crippen LogP) is 4.80. The fraction of sp³-hybridized carbons (Fsp3) is 0.321. The zero-order valence-corrected chi connectivity index (χ0v) is 19.0. The van der Waals surface area contributed by atoms with Gasteiger partial charge in [-0.3, -0.25) is 4.79 Å². The molecule has 3 aromatic carbocycles. The first-order valence-corrected chi connectivity index (χ1v) is 11.3. The summed E-state index contributed by atoms with van der Waals surface area (Å²) in [5.41, 5.74) is 3.30. The Morgan fingerprint density at radius 3 is 1.70 bits per heavy atom. The fourth-order valence-corrected chi connectivity index (χ4v) is 4.18. The maximum absolute atomic E-state index is 12.5. The Hall–Kier alpha value is -3.15. The molecule has 0 bridgehead atoms. The first-order chi connectivity index (χ1) is 16.0. The van der Waals surface area contributed by atoms with Crippen molar-refractivity contribution < 1.29 is 23.7 Å².